The summed E-state index contributed by atoms with van der Waals surface area (Å²) < 4.78 is 9.78. The molecule has 2 N–H and O–H groups in total. The predicted octanol–water partition coefficient (Wildman–Crippen LogP) is 2.53. The van der Waals surface area contributed by atoms with E-state index in [1.807, 2.05) is 18.7 Å². The van der Waals surface area contributed by atoms with Gasteiger partial charge in [-0.2, -0.15) is 0 Å². The first-order chi connectivity index (χ1) is 10.0. The summed E-state index contributed by atoms with van der Waals surface area (Å²) in [7, 11) is 1.30. The van der Waals surface area contributed by atoms with Crippen LogP contribution in [0.5, 0.6) is 0 Å². The maximum atomic E-state index is 12.0. The van der Waals surface area contributed by atoms with E-state index in [-0.39, 0.29) is 22.7 Å². The molecule has 0 bridgehead atoms. The van der Waals surface area contributed by atoms with Crippen LogP contribution in [0.25, 0.3) is 0 Å². The Morgan fingerprint density at radius 1 is 1.24 bits per heavy atom. The second-order valence-electron chi connectivity index (χ2n) is 4.32. The highest BCUT2D eigenvalue weighted by atomic mass is 32.1. The molecule has 1 rings (SSSR count). The lowest BCUT2D eigenvalue weighted by Gasteiger charge is -2.21. The molecule has 1 heterocycles. The van der Waals surface area contributed by atoms with Gasteiger partial charge in [0.2, 0.25) is 0 Å². The summed E-state index contributed by atoms with van der Waals surface area (Å²) in [6, 6.07) is 0. The van der Waals surface area contributed by atoms with Crippen LogP contribution in [0.2, 0.25) is 0 Å². The average molecular weight is 314 g/mol. The number of carbonyl (C=O) groups excluding carboxylic acids is 2. The Balaban J connectivity index is 3.36. The number of hydrogen-bond donors (Lipinski definition) is 1. The molecule has 0 atom stereocenters. The highest BCUT2D eigenvalue weighted by Crippen LogP contribution is 2.39. The minimum Gasteiger partial charge on any atom is -0.465 e. The first-order valence-electron chi connectivity index (χ1n) is 6.94. The van der Waals surface area contributed by atoms with E-state index in [0.717, 1.165) is 13.0 Å². The molecule has 0 spiro atoms. The van der Waals surface area contributed by atoms with Gasteiger partial charge in [0.05, 0.1) is 19.4 Å². The Morgan fingerprint density at radius 2 is 1.90 bits per heavy atom. The number of hydrogen-bond acceptors (Lipinski definition) is 7. The van der Waals surface area contributed by atoms with E-state index in [9.17, 15) is 9.59 Å². The molecule has 6 nitrogen and oxygen atoms in total. The van der Waals surface area contributed by atoms with Gasteiger partial charge < -0.3 is 20.1 Å². The molecular weight excluding hydrogens is 292 g/mol. The van der Waals surface area contributed by atoms with Crippen molar-refractivity contribution in [1.82, 2.24) is 0 Å². The third-order valence-electron chi connectivity index (χ3n) is 2.94. The zero-order valence-electron chi connectivity index (χ0n) is 12.9. The Kier molecular flexibility index (Phi) is 6.48. The third-order valence-corrected chi connectivity index (χ3v) is 4.19. The van der Waals surface area contributed by atoms with Crippen LogP contribution in [-0.4, -0.2) is 38.7 Å². The van der Waals surface area contributed by atoms with Crippen LogP contribution in [0.4, 0.5) is 10.7 Å². The maximum Gasteiger partial charge on any atom is 0.350 e. The number of nitrogen functional groups attached to an aromatic ring is 1. The Labute approximate surface area is 128 Å². The van der Waals surface area contributed by atoms with Crippen molar-refractivity contribution in [2.24, 2.45) is 0 Å². The minimum absolute atomic E-state index is 0.134. The normalized spacial score (nSPS) is 10.3. The minimum atomic E-state index is -0.538. The van der Waals surface area contributed by atoms with Gasteiger partial charge in [0.25, 0.3) is 0 Å². The van der Waals surface area contributed by atoms with Gasteiger partial charge in [-0.25, -0.2) is 9.59 Å². The zero-order chi connectivity index (χ0) is 16.0. The van der Waals surface area contributed by atoms with Gasteiger partial charge in [-0.15, -0.1) is 11.3 Å². The van der Waals surface area contributed by atoms with E-state index in [0.29, 0.717) is 11.5 Å². The molecule has 1 aromatic rings. The molecule has 0 saturated heterocycles. The highest BCUT2D eigenvalue weighted by Gasteiger charge is 2.29. The van der Waals surface area contributed by atoms with Crippen LogP contribution in [0, 0.1) is 0 Å². The molecule has 7 heteroatoms. The lowest BCUT2D eigenvalue weighted by Crippen LogP contribution is -2.24. The summed E-state index contributed by atoms with van der Waals surface area (Å²) in [6.07, 6.45) is 0.918. The van der Waals surface area contributed by atoms with Gasteiger partial charge in [0.1, 0.15) is 15.4 Å². The van der Waals surface area contributed by atoms with Gasteiger partial charge in [-0.3, -0.25) is 0 Å². The number of anilines is 2. The fourth-order valence-electron chi connectivity index (χ4n) is 1.97. The number of rotatable bonds is 7. The summed E-state index contributed by atoms with van der Waals surface area (Å²) in [4.78, 5) is 26.2. The molecule has 0 aliphatic rings. The van der Waals surface area contributed by atoms with Crippen molar-refractivity contribution in [2.45, 2.75) is 27.2 Å². The molecule has 0 aliphatic heterocycles. The number of thiophene rings is 1. The molecule has 1 aromatic heterocycles. The average Bonchev–Trinajstić information content (AvgIpc) is 2.81. The van der Waals surface area contributed by atoms with Crippen molar-refractivity contribution < 1.29 is 19.1 Å². The molecule has 0 radical (unpaired) electrons. The molecule has 0 fully saturated rings. The van der Waals surface area contributed by atoms with Crippen LogP contribution < -0.4 is 10.6 Å². The molecular formula is C14H22N2O4S. The van der Waals surface area contributed by atoms with Gasteiger partial charge in [0.15, 0.2) is 0 Å². The molecule has 0 unspecified atom stereocenters. The topological polar surface area (TPSA) is 81.9 Å². The SMILES string of the molecule is CCCN(CC)c1sc(C(=O)OCC)c(N)c1C(=O)OC. The summed E-state index contributed by atoms with van der Waals surface area (Å²) in [5.41, 5.74) is 6.37. The second-order valence-corrected chi connectivity index (χ2v) is 5.32. The number of nitrogens with zero attached hydrogens (tertiary/aromatic N) is 1. The molecule has 0 aromatic carbocycles. The van der Waals surface area contributed by atoms with Crippen molar-refractivity contribution in [3.8, 4) is 0 Å². The van der Waals surface area contributed by atoms with Gasteiger partial charge in [-0.1, -0.05) is 6.92 Å². The summed E-state index contributed by atoms with van der Waals surface area (Å²) in [5.74, 6) is -1.05. The van der Waals surface area contributed by atoms with Crippen molar-refractivity contribution in [1.29, 1.82) is 0 Å². The standard InChI is InChI=1S/C14H22N2O4S/c1-5-8-16(6-2)12-9(13(17)19-4)10(15)11(21-12)14(18)20-7-3/h5-8,15H2,1-4H3. The second kappa shape index (κ2) is 7.87. The fourth-order valence-corrected chi connectivity index (χ4v) is 3.17. The van der Waals surface area contributed by atoms with Crippen molar-refractivity contribution >= 4 is 34.0 Å². The van der Waals surface area contributed by atoms with Crippen LogP contribution in [-0.2, 0) is 9.47 Å². The zero-order valence-corrected chi connectivity index (χ0v) is 13.7. The lowest BCUT2D eigenvalue weighted by atomic mass is 10.2. The van der Waals surface area contributed by atoms with Crippen molar-refractivity contribution in [2.75, 3.05) is 37.4 Å². The van der Waals surface area contributed by atoms with Crippen LogP contribution >= 0.6 is 11.3 Å². The smallest absolute Gasteiger partial charge is 0.350 e. The van der Waals surface area contributed by atoms with E-state index >= 15 is 0 Å². The fraction of sp³-hybridized carbons (Fsp3) is 0.571. The Morgan fingerprint density at radius 3 is 2.38 bits per heavy atom. The van der Waals surface area contributed by atoms with Crippen molar-refractivity contribution in [3.63, 3.8) is 0 Å². The quantitative estimate of drug-likeness (QED) is 0.779. The number of esters is 2. The van der Waals surface area contributed by atoms with E-state index in [1.54, 1.807) is 6.92 Å². The van der Waals surface area contributed by atoms with Gasteiger partial charge in [-0.05, 0) is 20.3 Å². The Hall–Kier alpha value is -1.76. The molecule has 21 heavy (non-hydrogen) atoms. The Bertz CT molecular complexity index is 513. The van der Waals surface area contributed by atoms with E-state index < -0.39 is 11.9 Å². The molecule has 0 saturated carbocycles. The first-order valence-corrected chi connectivity index (χ1v) is 7.75. The van der Waals surface area contributed by atoms with Gasteiger partial charge >= 0.3 is 11.9 Å². The monoisotopic (exact) mass is 314 g/mol. The number of carbonyl (C=O) groups is 2. The first kappa shape index (κ1) is 17.3. The number of nitrogens with two attached hydrogens (primary N) is 1. The molecule has 118 valence electrons. The molecule has 0 aliphatic carbocycles. The van der Waals surface area contributed by atoms with Crippen LogP contribution in [0.1, 0.15) is 47.2 Å². The van der Waals surface area contributed by atoms with E-state index in [4.69, 9.17) is 15.2 Å². The van der Waals surface area contributed by atoms with E-state index in [1.165, 1.54) is 18.4 Å². The van der Waals surface area contributed by atoms with Crippen LogP contribution in [0.15, 0.2) is 0 Å². The highest BCUT2D eigenvalue weighted by molar-refractivity contribution is 7.19. The summed E-state index contributed by atoms with van der Waals surface area (Å²) >= 11 is 1.18. The maximum absolute atomic E-state index is 12.0. The predicted molar refractivity (Wildman–Crippen MR) is 84.2 cm³/mol. The van der Waals surface area contributed by atoms with Gasteiger partial charge in [0, 0.05) is 13.1 Å². The largest absolute Gasteiger partial charge is 0.465 e. The third kappa shape index (κ3) is 3.66. The summed E-state index contributed by atoms with van der Waals surface area (Å²) in [6.45, 7) is 7.48. The summed E-state index contributed by atoms with van der Waals surface area (Å²) in [5, 5.41) is 0.659. The van der Waals surface area contributed by atoms with Crippen molar-refractivity contribution in [3.05, 3.63) is 10.4 Å². The molecule has 0 amide bonds. The number of ether oxygens (including phenoxy) is 2. The number of methoxy groups -OCH3 is 1. The lowest BCUT2D eigenvalue weighted by molar-refractivity contribution is 0.0533. The van der Waals surface area contributed by atoms with E-state index in [2.05, 4.69) is 0 Å². The van der Waals surface area contributed by atoms with Crippen LogP contribution in [0.3, 0.4) is 0 Å².